The number of halogens is 1. The lowest BCUT2D eigenvalue weighted by Gasteiger charge is -1.96. The topological polar surface area (TPSA) is 30.2 Å². The number of hydrogen-bond acceptors (Lipinski definition) is 2. The maximum absolute atomic E-state index is 11.1. The van der Waals surface area contributed by atoms with Crippen LogP contribution in [0.5, 0.6) is 0 Å². The molecule has 1 aromatic heterocycles. The van der Waals surface area contributed by atoms with Crippen molar-refractivity contribution in [2.45, 2.75) is 6.92 Å². The predicted octanol–water partition coefficient (Wildman–Crippen LogP) is 3.91. The molecule has 1 heterocycles. The van der Waals surface area contributed by atoms with E-state index < -0.39 is 0 Å². The predicted molar refractivity (Wildman–Crippen MR) is 61.8 cm³/mol. The Hall–Kier alpha value is -1.35. The summed E-state index contributed by atoms with van der Waals surface area (Å²) >= 11 is 3.38. The van der Waals surface area contributed by atoms with Gasteiger partial charge in [-0.1, -0.05) is 30.3 Å². The summed E-state index contributed by atoms with van der Waals surface area (Å²) in [5.41, 5.74) is 0.955. The Balaban J connectivity index is 2.50. The molecule has 0 spiro atoms. The molecule has 0 radical (unpaired) electrons. The van der Waals surface area contributed by atoms with E-state index in [2.05, 4.69) is 15.9 Å². The first-order valence-corrected chi connectivity index (χ1v) is 5.33. The standard InChI is InChI=1S/C12H9BrO2/c1-8(14)11-7-10(13)12(15-11)9-5-3-2-4-6-9/h2-7H,1H3. The van der Waals surface area contributed by atoms with Crippen LogP contribution in [-0.2, 0) is 0 Å². The van der Waals surface area contributed by atoms with E-state index in [1.807, 2.05) is 30.3 Å². The Morgan fingerprint density at radius 2 is 1.93 bits per heavy atom. The monoisotopic (exact) mass is 264 g/mol. The molecule has 76 valence electrons. The number of Topliss-reactive ketones (excluding diaryl/α,β-unsaturated/α-hetero) is 1. The van der Waals surface area contributed by atoms with E-state index in [0.29, 0.717) is 11.5 Å². The van der Waals surface area contributed by atoms with Gasteiger partial charge < -0.3 is 4.42 Å². The molecule has 0 saturated heterocycles. The summed E-state index contributed by atoms with van der Waals surface area (Å²) in [6, 6.07) is 11.4. The van der Waals surface area contributed by atoms with E-state index in [9.17, 15) is 4.79 Å². The fourth-order valence-electron chi connectivity index (χ4n) is 1.33. The highest BCUT2D eigenvalue weighted by molar-refractivity contribution is 9.10. The van der Waals surface area contributed by atoms with Crippen LogP contribution < -0.4 is 0 Å². The van der Waals surface area contributed by atoms with Crippen LogP contribution in [0, 0.1) is 0 Å². The molecule has 2 rings (SSSR count). The summed E-state index contributed by atoms with van der Waals surface area (Å²) in [6.07, 6.45) is 0. The van der Waals surface area contributed by atoms with Gasteiger partial charge in [0.1, 0.15) is 5.76 Å². The lowest BCUT2D eigenvalue weighted by Crippen LogP contribution is -1.85. The van der Waals surface area contributed by atoms with E-state index in [1.165, 1.54) is 6.92 Å². The molecule has 3 heteroatoms. The number of hydrogen-bond donors (Lipinski definition) is 0. The summed E-state index contributed by atoms with van der Waals surface area (Å²) < 4.78 is 6.27. The Morgan fingerprint density at radius 3 is 2.47 bits per heavy atom. The summed E-state index contributed by atoms with van der Waals surface area (Å²) in [4.78, 5) is 11.1. The second kappa shape index (κ2) is 4.03. The van der Waals surface area contributed by atoms with Gasteiger partial charge in [0.05, 0.1) is 4.47 Å². The first-order chi connectivity index (χ1) is 7.18. The highest BCUT2D eigenvalue weighted by atomic mass is 79.9. The molecule has 0 aliphatic heterocycles. The third-order valence-electron chi connectivity index (χ3n) is 2.07. The van der Waals surface area contributed by atoms with Crippen molar-refractivity contribution in [3.63, 3.8) is 0 Å². The smallest absolute Gasteiger partial charge is 0.194 e. The van der Waals surface area contributed by atoms with Crippen LogP contribution in [-0.4, -0.2) is 5.78 Å². The molecule has 0 N–H and O–H groups in total. The molecule has 0 unspecified atom stereocenters. The minimum absolute atomic E-state index is 0.0714. The highest BCUT2D eigenvalue weighted by Crippen LogP contribution is 2.31. The maximum Gasteiger partial charge on any atom is 0.194 e. The van der Waals surface area contributed by atoms with Gasteiger partial charge in [0, 0.05) is 18.6 Å². The van der Waals surface area contributed by atoms with Crippen molar-refractivity contribution < 1.29 is 9.21 Å². The molecule has 1 aromatic carbocycles. The average molecular weight is 265 g/mol. The number of ketones is 1. The SMILES string of the molecule is CC(=O)c1cc(Br)c(-c2ccccc2)o1. The molecular weight excluding hydrogens is 256 g/mol. The van der Waals surface area contributed by atoms with Crippen molar-refractivity contribution in [3.8, 4) is 11.3 Å². The zero-order valence-electron chi connectivity index (χ0n) is 8.16. The third kappa shape index (κ3) is 2.02. The van der Waals surface area contributed by atoms with Crippen molar-refractivity contribution in [3.05, 3.63) is 46.6 Å². The first-order valence-electron chi connectivity index (χ1n) is 4.54. The van der Waals surface area contributed by atoms with Crippen molar-refractivity contribution in [1.29, 1.82) is 0 Å². The molecule has 2 nitrogen and oxygen atoms in total. The van der Waals surface area contributed by atoms with Crippen molar-refractivity contribution in [2.75, 3.05) is 0 Å². The lowest BCUT2D eigenvalue weighted by molar-refractivity contribution is 0.0988. The fourth-order valence-corrected chi connectivity index (χ4v) is 1.85. The van der Waals surface area contributed by atoms with E-state index in [1.54, 1.807) is 6.07 Å². The first kappa shape index (κ1) is 10.2. The van der Waals surface area contributed by atoms with Crippen LogP contribution in [0.3, 0.4) is 0 Å². The molecule has 0 amide bonds. The Labute approximate surface area is 96.0 Å². The largest absolute Gasteiger partial charge is 0.452 e. The average Bonchev–Trinajstić information content (AvgIpc) is 2.62. The summed E-state index contributed by atoms with van der Waals surface area (Å²) in [5, 5.41) is 0. The maximum atomic E-state index is 11.1. The minimum Gasteiger partial charge on any atom is -0.452 e. The van der Waals surface area contributed by atoms with Crippen LogP contribution in [0.25, 0.3) is 11.3 Å². The normalized spacial score (nSPS) is 10.3. The lowest BCUT2D eigenvalue weighted by atomic mass is 10.2. The van der Waals surface area contributed by atoms with Crippen molar-refractivity contribution >= 4 is 21.7 Å². The van der Waals surface area contributed by atoms with Gasteiger partial charge in [-0.3, -0.25) is 4.79 Å². The number of carbonyl (C=O) groups excluding carboxylic acids is 1. The zero-order valence-corrected chi connectivity index (χ0v) is 9.74. The van der Waals surface area contributed by atoms with E-state index in [0.717, 1.165) is 10.0 Å². The number of benzene rings is 1. The Bertz CT molecular complexity index is 486. The van der Waals surface area contributed by atoms with Gasteiger partial charge in [0.15, 0.2) is 11.5 Å². The van der Waals surface area contributed by atoms with Gasteiger partial charge in [0.25, 0.3) is 0 Å². The Morgan fingerprint density at radius 1 is 1.27 bits per heavy atom. The Kier molecular flexibility index (Phi) is 2.73. The third-order valence-corrected chi connectivity index (χ3v) is 2.66. The van der Waals surface area contributed by atoms with Gasteiger partial charge >= 0.3 is 0 Å². The van der Waals surface area contributed by atoms with Crippen LogP contribution in [0.15, 0.2) is 45.3 Å². The molecule has 0 fully saturated rings. The van der Waals surface area contributed by atoms with Crippen LogP contribution in [0.1, 0.15) is 17.5 Å². The van der Waals surface area contributed by atoms with Crippen LogP contribution in [0.2, 0.25) is 0 Å². The summed E-state index contributed by atoms with van der Waals surface area (Å²) in [7, 11) is 0. The second-order valence-electron chi connectivity index (χ2n) is 3.21. The molecular formula is C12H9BrO2. The second-order valence-corrected chi connectivity index (χ2v) is 4.06. The van der Waals surface area contributed by atoms with Crippen molar-refractivity contribution in [2.24, 2.45) is 0 Å². The zero-order chi connectivity index (χ0) is 10.8. The highest BCUT2D eigenvalue weighted by Gasteiger charge is 2.13. The summed E-state index contributed by atoms with van der Waals surface area (Å²) in [5.74, 6) is 0.999. The fraction of sp³-hybridized carbons (Fsp3) is 0.0833. The van der Waals surface area contributed by atoms with Gasteiger partial charge in [-0.2, -0.15) is 0 Å². The van der Waals surface area contributed by atoms with Gasteiger partial charge in [0.2, 0.25) is 0 Å². The van der Waals surface area contributed by atoms with Gasteiger partial charge in [-0.15, -0.1) is 0 Å². The molecule has 0 aliphatic rings. The van der Waals surface area contributed by atoms with Gasteiger partial charge in [-0.25, -0.2) is 0 Å². The molecule has 2 aromatic rings. The molecule has 0 aliphatic carbocycles. The van der Waals surface area contributed by atoms with E-state index in [4.69, 9.17) is 4.42 Å². The van der Waals surface area contributed by atoms with Gasteiger partial charge in [-0.05, 0) is 15.9 Å². The van der Waals surface area contributed by atoms with Crippen LogP contribution >= 0.6 is 15.9 Å². The minimum atomic E-state index is -0.0714. The molecule has 0 saturated carbocycles. The van der Waals surface area contributed by atoms with Crippen LogP contribution in [0.4, 0.5) is 0 Å². The molecule has 0 atom stereocenters. The quantitative estimate of drug-likeness (QED) is 0.770. The van der Waals surface area contributed by atoms with Crippen molar-refractivity contribution in [1.82, 2.24) is 0 Å². The number of furan rings is 1. The number of carbonyl (C=O) groups is 1. The summed E-state index contributed by atoms with van der Waals surface area (Å²) in [6.45, 7) is 1.49. The van der Waals surface area contributed by atoms with E-state index >= 15 is 0 Å². The number of rotatable bonds is 2. The molecule has 0 bridgehead atoms. The molecule has 15 heavy (non-hydrogen) atoms. The van der Waals surface area contributed by atoms with E-state index in [-0.39, 0.29) is 5.78 Å².